The Morgan fingerprint density at radius 3 is 2.89 bits per heavy atom. The number of hydrogen-bond acceptors (Lipinski definition) is 2. The fourth-order valence-electron chi connectivity index (χ4n) is 5.39. The Bertz CT molecular complexity index is 423. The summed E-state index contributed by atoms with van der Waals surface area (Å²) < 4.78 is 5.28. The third-order valence-corrected chi connectivity index (χ3v) is 6.25. The van der Waals surface area contributed by atoms with Crippen LogP contribution in [0.3, 0.4) is 0 Å². The lowest BCUT2D eigenvalue weighted by Gasteiger charge is -2.70. The zero-order valence-corrected chi connectivity index (χ0v) is 12.6. The van der Waals surface area contributed by atoms with Crippen molar-refractivity contribution in [3.05, 3.63) is 11.6 Å². The number of hydrogen-bond donors (Lipinski definition) is 0. The van der Waals surface area contributed by atoms with E-state index in [0.29, 0.717) is 17.9 Å². The summed E-state index contributed by atoms with van der Waals surface area (Å²) in [4.78, 5) is 11.1. The summed E-state index contributed by atoms with van der Waals surface area (Å²) in [6.45, 7) is 9.25. The van der Waals surface area contributed by atoms with E-state index in [4.69, 9.17) is 4.74 Å². The summed E-state index contributed by atoms with van der Waals surface area (Å²) in [5.74, 6) is 3.93. The van der Waals surface area contributed by atoms with Gasteiger partial charge in [-0.1, -0.05) is 26.8 Å². The Morgan fingerprint density at radius 1 is 1.53 bits per heavy atom. The van der Waals surface area contributed by atoms with Crippen LogP contribution in [-0.2, 0) is 9.53 Å². The van der Waals surface area contributed by atoms with E-state index in [1.165, 1.54) is 31.8 Å². The van der Waals surface area contributed by atoms with Crippen molar-refractivity contribution < 1.29 is 9.53 Å². The molecule has 0 heterocycles. The number of esters is 1. The summed E-state index contributed by atoms with van der Waals surface area (Å²) in [6.07, 6.45) is 6.32. The van der Waals surface area contributed by atoms with Crippen LogP contribution in [0.15, 0.2) is 11.6 Å². The molecule has 0 aromatic heterocycles. The smallest absolute Gasteiger partial charge is 0.302 e. The molecule has 2 nitrogen and oxygen atoms in total. The highest BCUT2D eigenvalue weighted by atomic mass is 16.5. The summed E-state index contributed by atoms with van der Waals surface area (Å²) in [5.41, 5.74) is 1.91. The van der Waals surface area contributed by atoms with E-state index in [1.54, 1.807) is 0 Å². The number of allylic oxidation sites excluding steroid dienone is 1. The van der Waals surface area contributed by atoms with Gasteiger partial charge in [-0.2, -0.15) is 0 Å². The molecule has 2 fully saturated rings. The third kappa shape index (κ3) is 1.79. The van der Waals surface area contributed by atoms with Crippen molar-refractivity contribution in [3.8, 4) is 0 Å². The van der Waals surface area contributed by atoms with Gasteiger partial charge in [-0.25, -0.2) is 0 Å². The van der Waals surface area contributed by atoms with Gasteiger partial charge in [0.25, 0.3) is 0 Å². The van der Waals surface area contributed by atoms with Crippen LogP contribution in [0.25, 0.3) is 0 Å². The van der Waals surface area contributed by atoms with Gasteiger partial charge in [-0.15, -0.1) is 0 Å². The first-order valence-electron chi connectivity index (χ1n) is 7.77. The zero-order valence-electron chi connectivity index (χ0n) is 12.6. The summed E-state index contributed by atoms with van der Waals surface area (Å²) in [6, 6.07) is 0. The van der Waals surface area contributed by atoms with E-state index >= 15 is 0 Å². The van der Waals surface area contributed by atoms with Gasteiger partial charge in [-0.05, 0) is 59.8 Å². The second-order valence-electron chi connectivity index (χ2n) is 7.41. The number of carbonyl (C=O) groups is 1. The minimum absolute atomic E-state index is 0.155. The number of fused-ring (bicyclic) bond motifs is 1. The van der Waals surface area contributed by atoms with Gasteiger partial charge < -0.3 is 4.74 Å². The fourth-order valence-corrected chi connectivity index (χ4v) is 5.39. The lowest BCUT2D eigenvalue weighted by molar-refractivity contribution is -0.185. The molecule has 0 aromatic carbocycles. The number of ether oxygens (including phenoxy) is 1. The standard InChI is InChI=1S/C17H26O2/c1-10(2)13-7-8-17(4)14-6-5-12(9-19-11(3)18)16(17)15(13)14/h5,10,13-16H,6-9H2,1-4H3/t13-,14+,15+,16-,17-/m1/s1. The SMILES string of the molecule is CC(=O)OCC1=CC[C@H]2[C@@H]3[C@@H](C(C)C)CC[C@@]2(C)[C@H]13. The molecule has 0 N–H and O–H groups in total. The minimum Gasteiger partial charge on any atom is -0.461 e. The van der Waals surface area contributed by atoms with Crippen LogP contribution in [0.5, 0.6) is 0 Å². The van der Waals surface area contributed by atoms with Crippen LogP contribution < -0.4 is 0 Å². The predicted octanol–water partition coefficient (Wildman–Crippen LogP) is 3.81. The molecule has 0 radical (unpaired) electrons. The highest BCUT2D eigenvalue weighted by Crippen LogP contribution is 2.71. The average molecular weight is 262 g/mol. The van der Waals surface area contributed by atoms with E-state index in [2.05, 4.69) is 26.8 Å². The van der Waals surface area contributed by atoms with Crippen molar-refractivity contribution in [1.82, 2.24) is 0 Å². The first kappa shape index (κ1) is 13.2. The second kappa shape index (κ2) is 4.36. The van der Waals surface area contributed by atoms with Gasteiger partial charge in [0.1, 0.15) is 6.61 Å². The normalized spacial score (nSPS) is 43.5. The van der Waals surface area contributed by atoms with Crippen LogP contribution in [0.2, 0.25) is 0 Å². The van der Waals surface area contributed by atoms with Crippen LogP contribution in [0.4, 0.5) is 0 Å². The van der Waals surface area contributed by atoms with Gasteiger partial charge >= 0.3 is 5.97 Å². The lowest BCUT2D eigenvalue weighted by atomic mass is 9.34. The van der Waals surface area contributed by atoms with Crippen molar-refractivity contribution in [1.29, 1.82) is 0 Å². The first-order chi connectivity index (χ1) is 8.95. The van der Waals surface area contributed by atoms with Crippen molar-refractivity contribution in [2.75, 3.05) is 6.61 Å². The zero-order chi connectivity index (χ0) is 13.8. The molecular weight excluding hydrogens is 236 g/mol. The fraction of sp³-hybridized carbons (Fsp3) is 0.824. The molecule has 5 atom stereocenters. The molecular formula is C17H26O2. The quantitative estimate of drug-likeness (QED) is 0.571. The average Bonchev–Trinajstić information content (AvgIpc) is 2.36. The Balaban J connectivity index is 1.81. The number of carbonyl (C=O) groups excluding carboxylic acids is 1. The molecule has 4 aliphatic carbocycles. The van der Waals surface area contributed by atoms with Gasteiger partial charge in [-0.3, -0.25) is 4.79 Å². The maximum absolute atomic E-state index is 11.1. The summed E-state index contributed by atoms with van der Waals surface area (Å²) in [7, 11) is 0. The van der Waals surface area contributed by atoms with Crippen LogP contribution in [0, 0.1) is 35.0 Å². The molecule has 2 heteroatoms. The minimum atomic E-state index is -0.155. The van der Waals surface area contributed by atoms with E-state index in [0.717, 1.165) is 23.7 Å². The molecule has 106 valence electrons. The van der Waals surface area contributed by atoms with Gasteiger partial charge in [0.15, 0.2) is 0 Å². The Hall–Kier alpha value is -0.790. The number of rotatable bonds is 3. The largest absolute Gasteiger partial charge is 0.461 e. The monoisotopic (exact) mass is 262 g/mol. The predicted molar refractivity (Wildman–Crippen MR) is 75.5 cm³/mol. The van der Waals surface area contributed by atoms with E-state index < -0.39 is 0 Å². The highest BCUT2D eigenvalue weighted by molar-refractivity contribution is 5.66. The first-order valence-corrected chi connectivity index (χ1v) is 7.77. The molecule has 4 bridgehead atoms. The molecule has 2 saturated carbocycles. The van der Waals surface area contributed by atoms with Crippen molar-refractivity contribution in [2.24, 2.45) is 35.0 Å². The molecule has 4 rings (SSSR count). The maximum atomic E-state index is 11.1. The summed E-state index contributed by atoms with van der Waals surface area (Å²) in [5, 5.41) is 0. The van der Waals surface area contributed by atoms with Gasteiger partial charge in [0.05, 0.1) is 0 Å². The Morgan fingerprint density at radius 2 is 2.26 bits per heavy atom. The topological polar surface area (TPSA) is 26.3 Å². The molecule has 0 spiro atoms. The van der Waals surface area contributed by atoms with Gasteiger partial charge in [0, 0.05) is 6.92 Å². The molecule has 0 unspecified atom stereocenters. The molecule has 19 heavy (non-hydrogen) atoms. The van der Waals surface area contributed by atoms with E-state index in [-0.39, 0.29) is 5.97 Å². The van der Waals surface area contributed by atoms with E-state index in [9.17, 15) is 4.79 Å². The highest BCUT2D eigenvalue weighted by Gasteiger charge is 2.65. The molecule has 0 amide bonds. The molecule has 4 aliphatic rings. The lowest BCUT2D eigenvalue weighted by Crippen LogP contribution is -2.64. The molecule has 0 saturated heterocycles. The van der Waals surface area contributed by atoms with Crippen LogP contribution in [-0.4, -0.2) is 12.6 Å². The van der Waals surface area contributed by atoms with Crippen molar-refractivity contribution >= 4 is 5.97 Å². The second-order valence-corrected chi connectivity index (χ2v) is 7.41. The van der Waals surface area contributed by atoms with Crippen LogP contribution >= 0.6 is 0 Å². The van der Waals surface area contributed by atoms with Gasteiger partial charge in [0.2, 0.25) is 0 Å². The van der Waals surface area contributed by atoms with Crippen molar-refractivity contribution in [3.63, 3.8) is 0 Å². The summed E-state index contributed by atoms with van der Waals surface area (Å²) >= 11 is 0. The maximum Gasteiger partial charge on any atom is 0.302 e. The Labute approximate surface area is 116 Å². The van der Waals surface area contributed by atoms with E-state index in [1.807, 2.05) is 0 Å². The molecule has 0 aliphatic heterocycles. The third-order valence-electron chi connectivity index (χ3n) is 6.25. The van der Waals surface area contributed by atoms with Crippen molar-refractivity contribution in [2.45, 2.75) is 47.0 Å². The molecule has 0 aromatic rings. The Kier molecular flexibility index (Phi) is 3.03. The van der Waals surface area contributed by atoms with Crippen LogP contribution in [0.1, 0.15) is 47.0 Å².